The van der Waals surface area contributed by atoms with E-state index in [1.165, 1.54) is 12.4 Å². The standard InChI is InChI=1S/C11H10N4O2/c16-11(17)8-9(6-1-2-6)14-15-10(8)7-5-12-3-4-13-7/h3-6H,1-2H2,(H,14,15)(H,16,17). The number of hydrogen-bond donors (Lipinski definition) is 2. The monoisotopic (exact) mass is 230 g/mol. The van der Waals surface area contributed by atoms with Crippen molar-refractivity contribution in [2.24, 2.45) is 0 Å². The van der Waals surface area contributed by atoms with E-state index in [0.29, 0.717) is 23.0 Å². The number of nitrogens with one attached hydrogen (secondary N) is 1. The van der Waals surface area contributed by atoms with Gasteiger partial charge in [-0.05, 0) is 12.8 Å². The lowest BCUT2D eigenvalue weighted by Crippen LogP contribution is -2.02. The van der Waals surface area contributed by atoms with Gasteiger partial charge in [0.2, 0.25) is 0 Å². The summed E-state index contributed by atoms with van der Waals surface area (Å²) in [5.74, 6) is -0.666. The van der Waals surface area contributed by atoms with Crippen LogP contribution in [0, 0.1) is 0 Å². The molecule has 2 aromatic heterocycles. The van der Waals surface area contributed by atoms with Crippen molar-refractivity contribution < 1.29 is 9.90 Å². The first-order chi connectivity index (χ1) is 8.27. The second-order valence-electron chi connectivity index (χ2n) is 4.03. The van der Waals surface area contributed by atoms with E-state index >= 15 is 0 Å². The number of H-pyrrole nitrogens is 1. The second-order valence-corrected chi connectivity index (χ2v) is 4.03. The zero-order chi connectivity index (χ0) is 11.8. The average Bonchev–Trinajstić information content (AvgIpc) is 3.08. The van der Waals surface area contributed by atoms with Crippen LogP contribution < -0.4 is 0 Å². The molecule has 2 aromatic rings. The highest BCUT2D eigenvalue weighted by molar-refractivity contribution is 5.95. The Bertz CT molecular complexity index is 560. The molecule has 3 rings (SSSR count). The van der Waals surface area contributed by atoms with E-state index in [4.69, 9.17) is 0 Å². The zero-order valence-electron chi connectivity index (χ0n) is 8.92. The summed E-state index contributed by atoms with van der Waals surface area (Å²) in [5, 5.41) is 16.1. The predicted octanol–water partition coefficient (Wildman–Crippen LogP) is 1.44. The van der Waals surface area contributed by atoms with E-state index in [1.54, 1.807) is 6.20 Å². The molecule has 0 spiro atoms. The highest BCUT2D eigenvalue weighted by Crippen LogP contribution is 2.42. The minimum absolute atomic E-state index is 0.230. The Morgan fingerprint density at radius 3 is 2.82 bits per heavy atom. The molecule has 1 fully saturated rings. The van der Waals surface area contributed by atoms with Crippen molar-refractivity contribution in [2.45, 2.75) is 18.8 Å². The molecular formula is C11H10N4O2. The Morgan fingerprint density at radius 1 is 1.41 bits per heavy atom. The maximum absolute atomic E-state index is 11.3. The van der Waals surface area contributed by atoms with Gasteiger partial charge in [0.05, 0.1) is 11.9 Å². The van der Waals surface area contributed by atoms with Crippen molar-refractivity contribution in [1.82, 2.24) is 20.2 Å². The van der Waals surface area contributed by atoms with Crippen molar-refractivity contribution in [1.29, 1.82) is 0 Å². The Hall–Kier alpha value is -2.24. The van der Waals surface area contributed by atoms with Crippen LogP contribution in [-0.4, -0.2) is 31.2 Å². The Morgan fingerprint density at radius 2 is 2.24 bits per heavy atom. The van der Waals surface area contributed by atoms with E-state index in [-0.39, 0.29) is 5.56 Å². The molecule has 6 heteroatoms. The summed E-state index contributed by atoms with van der Waals surface area (Å²) in [4.78, 5) is 19.3. The number of hydrogen-bond acceptors (Lipinski definition) is 4. The van der Waals surface area contributed by atoms with Gasteiger partial charge >= 0.3 is 5.97 Å². The first-order valence-corrected chi connectivity index (χ1v) is 5.35. The molecule has 2 heterocycles. The van der Waals surface area contributed by atoms with Crippen molar-refractivity contribution >= 4 is 5.97 Å². The molecule has 1 aliphatic rings. The second kappa shape index (κ2) is 3.65. The topological polar surface area (TPSA) is 91.8 Å². The van der Waals surface area contributed by atoms with Crippen LogP contribution in [0.15, 0.2) is 18.6 Å². The quantitative estimate of drug-likeness (QED) is 0.832. The molecule has 0 unspecified atom stereocenters. The summed E-state index contributed by atoms with van der Waals surface area (Å²) >= 11 is 0. The summed E-state index contributed by atoms with van der Waals surface area (Å²) < 4.78 is 0. The van der Waals surface area contributed by atoms with Crippen molar-refractivity contribution in [3.8, 4) is 11.4 Å². The molecule has 0 saturated heterocycles. The van der Waals surface area contributed by atoms with Gasteiger partial charge in [0.25, 0.3) is 0 Å². The van der Waals surface area contributed by atoms with Gasteiger partial charge in [0.15, 0.2) is 0 Å². The van der Waals surface area contributed by atoms with Gasteiger partial charge in [-0.1, -0.05) is 0 Å². The minimum Gasteiger partial charge on any atom is -0.478 e. The van der Waals surface area contributed by atoms with Crippen LogP contribution in [0.1, 0.15) is 34.8 Å². The van der Waals surface area contributed by atoms with Gasteiger partial charge in [-0.3, -0.25) is 15.1 Å². The third kappa shape index (κ3) is 1.67. The van der Waals surface area contributed by atoms with Gasteiger partial charge in [-0.2, -0.15) is 5.10 Å². The van der Waals surface area contributed by atoms with Gasteiger partial charge in [-0.25, -0.2) is 4.79 Å². The molecule has 0 radical (unpaired) electrons. The van der Waals surface area contributed by atoms with E-state index in [0.717, 1.165) is 12.8 Å². The third-order valence-electron chi connectivity index (χ3n) is 2.80. The maximum Gasteiger partial charge on any atom is 0.339 e. The fraction of sp³-hybridized carbons (Fsp3) is 0.273. The fourth-order valence-corrected chi connectivity index (χ4v) is 1.85. The van der Waals surface area contributed by atoms with Crippen molar-refractivity contribution in [3.63, 3.8) is 0 Å². The van der Waals surface area contributed by atoms with Crippen LogP contribution in [0.25, 0.3) is 11.4 Å². The average molecular weight is 230 g/mol. The van der Waals surface area contributed by atoms with Crippen LogP contribution in [0.2, 0.25) is 0 Å². The van der Waals surface area contributed by atoms with Gasteiger partial charge in [-0.15, -0.1) is 0 Å². The molecule has 0 atom stereocenters. The number of carboxylic acid groups (broad SMARTS) is 1. The number of nitrogens with zero attached hydrogens (tertiary/aromatic N) is 3. The molecule has 1 aliphatic carbocycles. The summed E-state index contributed by atoms with van der Waals surface area (Å²) in [5.41, 5.74) is 1.78. The lowest BCUT2D eigenvalue weighted by Gasteiger charge is -1.98. The van der Waals surface area contributed by atoms with Crippen LogP contribution in [0.5, 0.6) is 0 Å². The van der Waals surface area contributed by atoms with Gasteiger partial charge in [0.1, 0.15) is 17.0 Å². The van der Waals surface area contributed by atoms with E-state index in [2.05, 4.69) is 20.2 Å². The van der Waals surface area contributed by atoms with Gasteiger partial charge in [0, 0.05) is 18.3 Å². The van der Waals surface area contributed by atoms with Crippen molar-refractivity contribution in [2.75, 3.05) is 0 Å². The number of carbonyl (C=O) groups is 1. The Labute approximate surface area is 96.7 Å². The number of rotatable bonds is 3. The smallest absolute Gasteiger partial charge is 0.339 e. The molecule has 0 aliphatic heterocycles. The molecule has 1 saturated carbocycles. The normalized spacial score (nSPS) is 14.8. The summed E-state index contributed by atoms with van der Waals surface area (Å²) in [7, 11) is 0. The molecule has 6 nitrogen and oxygen atoms in total. The third-order valence-corrected chi connectivity index (χ3v) is 2.80. The van der Waals surface area contributed by atoms with Gasteiger partial charge < -0.3 is 5.11 Å². The first-order valence-electron chi connectivity index (χ1n) is 5.35. The summed E-state index contributed by atoms with van der Waals surface area (Å²) in [6.07, 6.45) is 6.61. The molecule has 86 valence electrons. The van der Waals surface area contributed by atoms with E-state index < -0.39 is 5.97 Å². The van der Waals surface area contributed by atoms with Crippen LogP contribution >= 0.6 is 0 Å². The SMILES string of the molecule is O=C(O)c1c(-c2cnccn2)n[nH]c1C1CC1. The van der Waals surface area contributed by atoms with Crippen LogP contribution in [0.4, 0.5) is 0 Å². The maximum atomic E-state index is 11.3. The number of aromatic amines is 1. The zero-order valence-corrected chi connectivity index (χ0v) is 8.92. The van der Waals surface area contributed by atoms with Crippen LogP contribution in [0.3, 0.4) is 0 Å². The lowest BCUT2D eigenvalue weighted by atomic mass is 10.1. The Kier molecular flexibility index (Phi) is 2.14. The van der Waals surface area contributed by atoms with E-state index in [1.807, 2.05) is 0 Å². The molecule has 2 N–H and O–H groups in total. The predicted molar refractivity (Wildman–Crippen MR) is 58.5 cm³/mol. The highest BCUT2D eigenvalue weighted by Gasteiger charge is 2.33. The molecule has 17 heavy (non-hydrogen) atoms. The summed E-state index contributed by atoms with van der Waals surface area (Å²) in [6.45, 7) is 0. The van der Waals surface area contributed by atoms with Crippen LogP contribution in [-0.2, 0) is 0 Å². The lowest BCUT2D eigenvalue weighted by molar-refractivity contribution is 0.0696. The molecule has 0 amide bonds. The van der Waals surface area contributed by atoms with E-state index in [9.17, 15) is 9.90 Å². The summed E-state index contributed by atoms with van der Waals surface area (Å²) in [6, 6.07) is 0. The highest BCUT2D eigenvalue weighted by atomic mass is 16.4. The van der Waals surface area contributed by atoms with Crippen molar-refractivity contribution in [3.05, 3.63) is 29.8 Å². The minimum atomic E-state index is -0.971. The largest absolute Gasteiger partial charge is 0.478 e. The molecule has 0 aromatic carbocycles. The number of aromatic carboxylic acids is 1. The molecular weight excluding hydrogens is 220 g/mol. The molecule has 0 bridgehead atoms. The fourth-order valence-electron chi connectivity index (χ4n) is 1.85. The number of carboxylic acids is 1. The Balaban J connectivity index is 2.14. The first kappa shape index (κ1) is 9.95. The number of aromatic nitrogens is 4.